The van der Waals surface area contributed by atoms with Gasteiger partial charge in [-0.15, -0.1) is 0 Å². The minimum absolute atomic E-state index is 0.0133. The Morgan fingerprint density at radius 3 is 1.37 bits per heavy atom. The second kappa shape index (κ2) is 43.6. The molecular formula is C52H102N2O7P+. The van der Waals surface area contributed by atoms with E-state index in [1.165, 1.54) is 148 Å². The molecule has 0 aromatic carbocycles. The van der Waals surface area contributed by atoms with Crippen molar-refractivity contribution in [2.45, 2.75) is 250 Å². The van der Waals surface area contributed by atoms with E-state index < -0.39 is 32.7 Å². The van der Waals surface area contributed by atoms with Crippen LogP contribution >= 0.6 is 7.82 Å². The van der Waals surface area contributed by atoms with Gasteiger partial charge in [-0.1, -0.05) is 204 Å². The van der Waals surface area contributed by atoms with Crippen molar-refractivity contribution in [1.82, 2.24) is 5.32 Å². The molecule has 0 radical (unpaired) electrons. The zero-order valence-corrected chi connectivity index (χ0v) is 42.1. The summed E-state index contributed by atoms with van der Waals surface area (Å²) in [5.74, 6) is -0.272. The van der Waals surface area contributed by atoms with Crippen molar-refractivity contribution >= 4 is 13.7 Å². The zero-order valence-electron chi connectivity index (χ0n) is 41.2. The van der Waals surface area contributed by atoms with Crippen molar-refractivity contribution < 1.29 is 38.0 Å². The molecule has 0 bridgehead atoms. The van der Waals surface area contributed by atoms with Crippen LogP contribution in [0.25, 0.3) is 0 Å². The molecule has 0 aromatic heterocycles. The molecule has 0 saturated carbocycles. The quantitative estimate of drug-likeness (QED) is 0.0207. The highest BCUT2D eigenvalue weighted by molar-refractivity contribution is 7.47. The lowest BCUT2D eigenvalue weighted by Crippen LogP contribution is -2.51. The average molecular weight is 898 g/mol. The third-order valence-corrected chi connectivity index (χ3v) is 12.8. The van der Waals surface area contributed by atoms with E-state index in [9.17, 15) is 24.5 Å². The molecule has 0 rings (SSSR count). The number of rotatable bonds is 47. The number of carbonyl (C=O) groups excluding carboxylic acids is 1. The van der Waals surface area contributed by atoms with Gasteiger partial charge in [0.05, 0.1) is 39.9 Å². The van der Waals surface area contributed by atoms with Crippen LogP contribution in [0.2, 0.25) is 0 Å². The summed E-state index contributed by atoms with van der Waals surface area (Å²) in [6, 6.07) is -1.06. The number of hydrogen-bond donors (Lipinski definition) is 4. The van der Waals surface area contributed by atoms with Gasteiger partial charge in [0.15, 0.2) is 0 Å². The first-order valence-corrected chi connectivity index (χ1v) is 27.4. The predicted octanol–water partition coefficient (Wildman–Crippen LogP) is 14.0. The van der Waals surface area contributed by atoms with Crippen LogP contribution < -0.4 is 5.32 Å². The maximum Gasteiger partial charge on any atom is 0.472 e. The van der Waals surface area contributed by atoms with Crippen LogP contribution in [0.1, 0.15) is 232 Å². The molecule has 0 spiro atoms. The summed E-state index contributed by atoms with van der Waals surface area (Å²) in [6.45, 7) is 4.38. The number of amides is 1. The van der Waals surface area contributed by atoms with Gasteiger partial charge >= 0.3 is 7.82 Å². The average Bonchev–Trinajstić information content (AvgIpc) is 3.23. The summed E-state index contributed by atoms with van der Waals surface area (Å²) in [4.78, 5) is 23.2. The van der Waals surface area contributed by atoms with Gasteiger partial charge in [0.1, 0.15) is 19.3 Å². The zero-order chi connectivity index (χ0) is 45.8. The number of unbranched alkanes of at least 4 members (excludes halogenated alkanes) is 28. The summed E-state index contributed by atoms with van der Waals surface area (Å²) in [5.41, 5.74) is 0. The van der Waals surface area contributed by atoms with E-state index in [0.717, 1.165) is 51.4 Å². The highest BCUT2D eigenvalue weighted by Crippen LogP contribution is 2.43. The van der Waals surface area contributed by atoms with E-state index in [1.807, 2.05) is 28.1 Å². The number of phosphoric acid groups is 1. The third kappa shape index (κ3) is 43.9. The normalized spacial score (nSPS) is 14.9. The molecule has 62 heavy (non-hydrogen) atoms. The number of aliphatic hydroxyl groups is 2. The molecule has 0 saturated heterocycles. The molecule has 4 N–H and O–H groups in total. The summed E-state index contributed by atoms with van der Waals surface area (Å²) in [7, 11) is 1.41. The van der Waals surface area contributed by atoms with Crippen LogP contribution in [0.15, 0.2) is 36.5 Å². The fraction of sp³-hybridized carbons (Fsp3) is 0.865. The topological polar surface area (TPSA) is 125 Å². The van der Waals surface area contributed by atoms with E-state index in [1.54, 1.807) is 0 Å². The first-order valence-electron chi connectivity index (χ1n) is 25.9. The molecule has 0 aliphatic rings. The Bertz CT molecular complexity index is 1120. The van der Waals surface area contributed by atoms with E-state index in [-0.39, 0.29) is 18.9 Å². The summed E-state index contributed by atoms with van der Waals surface area (Å²) < 4.78 is 23.5. The van der Waals surface area contributed by atoms with Crippen LogP contribution in [-0.4, -0.2) is 84.6 Å². The summed E-state index contributed by atoms with van der Waals surface area (Å²) >= 11 is 0. The Hall–Kier alpha value is -1.32. The standard InChI is InChI=1S/C52H101N2O7P/c1-6-8-10-12-14-16-18-20-21-22-23-24-25-26-27-28-29-30-31-32-33-35-37-39-41-43-45-51(56)53-49(48-61-62(58,59)60-47-46-54(3,4)5)52(57)50(55)44-42-40-38-36-34-19-17-15-13-11-9-7-2/h7,9,15,17,36,38,49-50,52,55,57H,6,8,10-14,16,18-35,37,39-48H2,1-5H3,(H-,53,56,58,59)/p+1/b9-7+,17-15+,38-36+. The second-order valence-corrected chi connectivity index (χ2v) is 20.5. The van der Waals surface area contributed by atoms with Crippen LogP contribution in [0.4, 0.5) is 0 Å². The molecule has 4 unspecified atom stereocenters. The van der Waals surface area contributed by atoms with Crippen LogP contribution in [0, 0.1) is 0 Å². The lowest BCUT2D eigenvalue weighted by molar-refractivity contribution is -0.870. The van der Waals surface area contributed by atoms with Gasteiger partial charge in [0.25, 0.3) is 0 Å². The summed E-state index contributed by atoms with van der Waals surface area (Å²) in [6.07, 6.45) is 51.1. The first-order chi connectivity index (χ1) is 29.9. The highest BCUT2D eigenvalue weighted by atomic mass is 31.2. The van der Waals surface area contributed by atoms with E-state index in [0.29, 0.717) is 23.9 Å². The molecule has 0 aromatic rings. The molecule has 4 atom stereocenters. The van der Waals surface area contributed by atoms with E-state index in [4.69, 9.17) is 9.05 Å². The number of phosphoric ester groups is 1. The lowest BCUT2D eigenvalue weighted by atomic mass is 10.0. The minimum Gasteiger partial charge on any atom is -0.390 e. The molecule has 0 heterocycles. The lowest BCUT2D eigenvalue weighted by Gasteiger charge is -2.28. The van der Waals surface area contributed by atoms with Gasteiger partial charge in [-0.2, -0.15) is 0 Å². The van der Waals surface area contributed by atoms with E-state index in [2.05, 4.69) is 48.7 Å². The number of allylic oxidation sites excluding steroid dienone is 6. The molecule has 0 aliphatic heterocycles. The van der Waals surface area contributed by atoms with Gasteiger partial charge in [-0.3, -0.25) is 13.8 Å². The molecular weight excluding hydrogens is 796 g/mol. The highest BCUT2D eigenvalue weighted by Gasteiger charge is 2.31. The number of aliphatic hydroxyl groups excluding tert-OH is 2. The van der Waals surface area contributed by atoms with Crippen LogP contribution in [0.3, 0.4) is 0 Å². The van der Waals surface area contributed by atoms with Gasteiger partial charge in [-0.25, -0.2) is 4.57 Å². The van der Waals surface area contributed by atoms with E-state index >= 15 is 0 Å². The monoisotopic (exact) mass is 898 g/mol. The molecule has 9 nitrogen and oxygen atoms in total. The Morgan fingerprint density at radius 1 is 0.581 bits per heavy atom. The Morgan fingerprint density at radius 2 is 0.968 bits per heavy atom. The van der Waals surface area contributed by atoms with Crippen LogP contribution in [0.5, 0.6) is 0 Å². The predicted molar refractivity (Wildman–Crippen MR) is 264 cm³/mol. The molecule has 366 valence electrons. The number of quaternary nitrogens is 1. The number of nitrogens with one attached hydrogen (secondary N) is 1. The van der Waals surface area contributed by atoms with Crippen molar-refractivity contribution in [3.05, 3.63) is 36.5 Å². The van der Waals surface area contributed by atoms with Crippen molar-refractivity contribution in [2.24, 2.45) is 0 Å². The molecule has 0 aliphatic carbocycles. The van der Waals surface area contributed by atoms with Gasteiger partial charge < -0.3 is 24.9 Å². The first kappa shape index (κ1) is 60.7. The Labute approximate surface area is 383 Å². The van der Waals surface area contributed by atoms with Crippen molar-refractivity contribution in [3.63, 3.8) is 0 Å². The summed E-state index contributed by atoms with van der Waals surface area (Å²) in [5, 5.41) is 24.7. The number of hydrogen-bond acceptors (Lipinski definition) is 6. The fourth-order valence-corrected chi connectivity index (χ4v) is 8.39. The largest absolute Gasteiger partial charge is 0.472 e. The van der Waals surface area contributed by atoms with Crippen LogP contribution in [-0.2, 0) is 18.4 Å². The number of likely N-dealkylation sites (N-methyl/N-ethyl adjacent to an activating group) is 1. The minimum atomic E-state index is -4.43. The van der Waals surface area contributed by atoms with Crippen molar-refractivity contribution in [1.29, 1.82) is 0 Å². The van der Waals surface area contributed by atoms with Gasteiger partial charge in [0.2, 0.25) is 5.91 Å². The number of carbonyl (C=O) groups is 1. The molecule has 10 heteroatoms. The molecule has 0 fully saturated rings. The second-order valence-electron chi connectivity index (χ2n) is 19.0. The van der Waals surface area contributed by atoms with Crippen molar-refractivity contribution in [2.75, 3.05) is 40.9 Å². The third-order valence-electron chi connectivity index (χ3n) is 11.8. The SMILES string of the molecule is C/C=C/CC/C=C/CC/C=C/CCCC(O)C(O)C(COP(=O)(O)OCC[N+](C)(C)C)NC(=O)CCCCCCCCCCCCCCCCCCCCCCCCCCCC. The van der Waals surface area contributed by atoms with Gasteiger partial charge in [0, 0.05) is 6.42 Å². The molecule has 1 amide bonds. The Kier molecular flexibility index (Phi) is 42.6. The van der Waals surface area contributed by atoms with Gasteiger partial charge in [-0.05, 0) is 58.3 Å². The maximum atomic E-state index is 13.0. The Balaban J connectivity index is 4.23. The van der Waals surface area contributed by atoms with Crippen molar-refractivity contribution in [3.8, 4) is 0 Å². The fourth-order valence-electron chi connectivity index (χ4n) is 7.65. The smallest absolute Gasteiger partial charge is 0.390 e. The number of nitrogens with zero attached hydrogens (tertiary/aromatic N) is 1. The maximum absolute atomic E-state index is 13.0.